The lowest BCUT2D eigenvalue weighted by Gasteiger charge is -2.17. The summed E-state index contributed by atoms with van der Waals surface area (Å²) in [6.45, 7) is 0. The third-order valence-corrected chi connectivity index (χ3v) is 2.70. The highest BCUT2D eigenvalue weighted by molar-refractivity contribution is 5.96. The maximum atomic E-state index is 11.8. The molecule has 0 atom stereocenters. The van der Waals surface area contributed by atoms with E-state index in [9.17, 15) is 4.79 Å². The zero-order valence-electron chi connectivity index (χ0n) is 9.06. The summed E-state index contributed by atoms with van der Waals surface area (Å²) in [5.41, 5.74) is 0.895. The van der Waals surface area contributed by atoms with E-state index < -0.39 is 0 Å². The van der Waals surface area contributed by atoms with E-state index in [2.05, 4.69) is 0 Å². The number of hydrogen-bond donors (Lipinski definition) is 0. The van der Waals surface area contributed by atoms with E-state index in [1.165, 1.54) is 0 Å². The van der Waals surface area contributed by atoms with Gasteiger partial charge in [0.15, 0.2) is 0 Å². The van der Waals surface area contributed by atoms with Gasteiger partial charge < -0.3 is 9.64 Å². The van der Waals surface area contributed by atoms with Gasteiger partial charge in [-0.2, -0.15) is 0 Å². The number of amides is 1. The first kappa shape index (κ1) is 10.0. The smallest absolute Gasteiger partial charge is 0.229 e. The molecule has 0 bridgehead atoms. The molecule has 3 nitrogen and oxygen atoms in total. The van der Waals surface area contributed by atoms with Crippen LogP contribution in [0.1, 0.15) is 12.8 Å². The topological polar surface area (TPSA) is 29.5 Å². The molecule has 0 spiro atoms. The Balaban J connectivity index is 2.16. The van der Waals surface area contributed by atoms with Crippen molar-refractivity contribution in [3.8, 4) is 5.75 Å². The highest BCUT2D eigenvalue weighted by Crippen LogP contribution is 2.32. The van der Waals surface area contributed by atoms with E-state index in [0.29, 0.717) is 0 Å². The van der Waals surface area contributed by atoms with Gasteiger partial charge in [0.1, 0.15) is 5.75 Å². The van der Waals surface area contributed by atoms with Crippen molar-refractivity contribution in [1.29, 1.82) is 0 Å². The van der Waals surface area contributed by atoms with Crippen molar-refractivity contribution < 1.29 is 9.53 Å². The Kier molecular flexibility index (Phi) is 2.62. The summed E-state index contributed by atoms with van der Waals surface area (Å²) in [5, 5.41) is 0. The first-order chi connectivity index (χ1) is 7.22. The lowest BCUT2D eigenvalue weighted by Crippen LogP contribution is -2.27. The summed E-state index contributed by atoms with van der Waals surface area (Å²) in [4.78, 5) is 13.5. The van der Waals surface area contributed by atoms with Gasteiger partial charge >= 0.3 is 0 Å². The predicted molar refractivity (Wildman–Crippen MR) is 59.1 cm³/mol. The number of hydrogen-bond acceptors (Lipinski definition) is 2. The van der Waals surface area contributed by atoms with Gasteiger partial charge in [0.05, 0.1) is 7.11 Å². The van der Waals surface area contributed by atoms with Gasteiger partial charge in [-0.05, 0) is 25.0 Å². The quantitative estimate of drug-likeness (QED) is 0.756. The van der Waals surface area contributed by atoms with Crippen LogP contribution in [0.4, 0.5) is 5.69 Å². The normalized spacial score (nSPS) is 14.8. The van der Waals surface area contributed by atoms with Crippen LogP contribution in [0.15, 0.2) is 24.3 Å². The molecule has 80 valence electrons. The Labute approximate surface area is 89.7 Å². The maximum absolute atomic E-state index is 11.8. The summed E-state index contributed by atoms with van der Waals surface area (Å²) in [5.74, 6) is 1.24. The molecule has 2 rings (SSSR count). The number of anilines is 1. The fraction of sp³-hybridized carbons (Fsp3) is 0.417. The first-order valence-electron chi connectivity index (χ1n) is 5.14. The molecule has 0 heterocycles. The molecule has 0 N–H and O–H groups in total. The minimum Gasteiger partial charge on any atom is -0.497 e. The van der Waals surface area contributed by atoms with Crippen LogP contribution in [0, 0.1) is 5.92 Å². The second kappa shape index (κ2) is 3.93. The fourth-order valence-electron chi connectivity index (χ4n) is 1.55. The largest absolute Gasteiger partial charge is 0.497 e. The van der Waals surface area contributed by atoms with Crippen LogP contribution in [0.3, 0.4) is 0 Å². The van der Waals surface area contributed by atoms with Crippen molar-refractivity contribution >= 4 is 11.6 Å². The van der Waals surface area contributed by atoms with Gasteiger partial charge in [0.25, 0.3) is 0 Å². The fourth-order valence-corrected chi connectivity index (χ4v) is 1.55. The molecule has 1 aromatic rings. The van der Waals surface area contributed by atoms with Crippen LogP contribution in [-0.2, 0) is 4.79 Å². The molecule has 1 fully saturated rings. The lowest BCUT2D eigenvalue weighted by atomic mass is 10.2. The van der Waals surface area contributed by atoms with Gasteiger partial charge in [-0.3, -0.25) is 4.79 Å². The summed E-state index contributed by atoms with van der Waals surface area (Å²) in [6, 6.07) is 7.56. The zero-order valence-corrected chi connectivity index (χ0v) is 9.06. The Morgan fingerprint density at radius 3 is 2.80 bits per heavy atom. The van der Waals surface area contributed by atoms with Crippen molar-refractivity contribution in [2.45, 2.75) is 12.8 Å². The van der Waals surface area contributed by atoms with Gasteiger partial charge in [0.2, 0.25) is 5.91 Å². The highest BCUT2D eigenvalue weighted by Gasteiger charge is 2.32. The van der Waals surface area contributed by atoms with Crippen LogP contribution >= 0.6 is 0 Å². The first-order valence-corrected chi connectivity index (χ1v) is 5.14. The maximum Gasteiger partial charge on any atom is 0.229 e. The van der Waals surface area contributed by atoms with E-state index >= 15 is 0 Å². The summed E-state index contributed by atoms with van der Waals surface area (Å²) in [7, 11) is 3.44. The molecular weight excluding hydrogens is 190 g/mol. The van der Waals surface area contributed by atoms with E-state index in [4.69, 9.17) is 4.74 Å². The average Bonchev–Trinajstić information content (AvgIpc) is 3.11. The van der Waals surface area contributed by atoms with Crippen LogP contribution < -0.4 is 9.64 Å². The average molecular weight is 205 g/mol. The molecule has 1 aliphatic carbocycles. The van der Waals surface area contributed by atoms with Crippen LogP contribution in [-0.4, -0.2) is 20.1 Å². The number of nitrogens with zero attached hydrogens (tertiary/aromatic N) is 1. The van der Waals surface area contributed by atoms with Crippen LogP contribution in [0.25, 0.3) is 0 Å². The molecule has 1 aromatic carbocycles. The van der Waals surface area contributed by atoms with Gasteiger partial charge in [-0.25, -0.2) is 0 Å². The van der Waals surface area contributed by atoms with E-state index in [-0.39, 0.29) is 11.8 Å². The molecular formula is C12H15NO2. The summed E-state index contributed by atoms with van der Waals surface area (Å²) >= 11 is 0. The van der Waals surface area contributed by atoms with Gasteiger partial charge in [0, 0.05) is 24.7 Å². The second-order valence-electron chi connectivity index (χ2n) is 3.87. The monoisotopic (exact) mass is 205 g/mol. The highest BCUT2D eigenvalue weighted by atomic mass is 16.5. The molecule has 15 heavy (non-hydrogen) atoms. The van der Waals surface area contributed by atoms with Crippen molar-refractivity contribution in [2.24, 2.45) is 5.92 Å². The molecule has 0 aromatic heterocycles. The number of carbonyl (C=O) groups excluding carboxylic acids is 1. The summed E-state index contributed by atoms with van der Waals surface area (Å²) < 4.78 is 5.12. The van der Waals surface area contributed by atoms with Crippen molar-refractivity contribution in [1.82, 2.24) is 0 Å². The Morgan fingerprint density at radius 1 is 1.47 bits per heavy atom. The minimum atomic E-state index is 0.211. The molecule has 0 unspecified atom stereocenters. The molecule has 1 saturated carbocycles. The SMILES string of the molecule is COc1cccc(N(C)C(=O)C2CC2)c1. The second-order valence-corrected chi connectivity index (χ2v) is 3.87. The lowest BCUT2D eigenvalue weighted by molar-refractivity contribution is -0.119. The molecule has 0 saturated heterocycles. The Morgan fingerprint density at radius 2 is 2.20 bits per heavy atom. The molecule has 3 heteroatoms. The number of benzene rings is 1. The molecule has 1 amide bonds. The minimum absolute atomic E-state index is 0.211. The number of carbonyl (C=O) groups is 1. The van der Waals surface area contributed by atoms with Crippen molar-refractivity contribution in [3.63, 3.8) is 0 Å². The van der Waals surface area contributed by atoms with Gasteiger partial charge in [-0.1, -0.05) is 6.07 Å². The third kappa shape index (κ3) is 2.12. The van der Waals surface area contributed by atoms with E-state index in [1.54, 1.807) is 12.0 Å². The van der Waals surface area contributed by atoms with Crippen molar-refractivity contribution in [2.75, 3.05) is 19.1 Å². The van der Waals surface area contributed by atoms with Crippen LogP contribution in [0.5, 0.6) is 5.75 Å². The Hall–Kier alpha value is -1.51. The number of rotatable bonds is 3. The number of ether oxygens (including phenoxy) is 1. The number of methoxy groups -OCH3 is 1. The zero-order chi connectivity index (χ0) is 10.8. The standard InChI is InChI=1S/C12H15NO2/c1-13(12(14)9-6-7-9)10-4-3-5-11(8-10)15-2/h3-5,8-9H,6-7H2,1-2H3. The van der Waals surface area contributed by atoms with Crippen LogP contribution in [0.2, 0.25) is 0 Å². The molecule has 0 aliphatic heterocycles. The van der Waals surface area contributed by atoms with E-state index in [0.717, 1.165) is 24.3 Å². The third-order valence-electron chi connectivity index (χ3n) is 2.70. The van der Waals surface area contributed by atoms with E-state index in [1.807, 2.05) is 31.3 Å². The van der Waals surface area contributed by atoms with Gasteiger partial charge in [-0.15, -0.1) is 0 Å². The Bertz CT molecular complexity index is 372. The molecule has 0 radical (unpaired) electrons. The summed E-state index contributed by atoms with van der Waals surface area (Å²) in [6.07, 6.45) is 2.07. The molecule has 1 aliphatic rings. The predicted octanol–water partition coefficient (Wildman–Crippen LogP) is 2.07. The van der Waals surface area contributed by atoms with Crippen molar-refractivity contribution in [3.05, 3.63) is 24.3 Å².